The minimum Gasteiger partial charge on any atom is -0.396 e. The molecule has 2 rings (SSSR count). The van der Waals surface area contributed by atoms with E-state index < -0.39 is 0 Å². The van der Waals surface area contributed by atoms with Crippen LogP contribution in [-0.4, -0.2) is 71.1 Å². The number of anilines is 1. The summed E-state index contributed by atoms with van der Waals surface area (Å²) >= 11 is 0. The Labute approximate surface area is 121 Å². The van der Waals surface area contributed by atoms with E-state index in [1.807, 2.05) is 0 Å². The van der Waals surface area contributed by atoms with Gasteiger partial charge in [0.2, 0.25) is 0 Å². The highest BCUT2D eigenvalue weighted by molar-refractivity contribution is 5.30. The third-order valence-corrected chi connectivity index (χ3v) is 3.85. The van der Waals surface area contributed by atoms with Gasteiger partial charge in [0.15, 0.2) is 0 Å². The number of piperidine rings is 1. The van der Waals surface area contributed by atoms with E-state index in [9.17, 15) is 5.11 Å². The molecule has 1 aromatic rings. The highest BCUT2D eigenvalue weighted by Crippen LogP contribution is 2.18. The molecule has 6 heteroatoms. The molecule has 114 valence electrons. The molecule has 0 aromatic carbocycles. The van der Waals surface area contributed by atoms with Crippen LogP contribution in [0.2, 0.25) is 0 Å². The van der Waals surface area contributed by atoms with Crippen LogP contribution in [0.15, 0.2) is 12.4 Å². The summed E-state index contributed by atoms with van der Waals surface area (Å²) in [5.74, 6) is 0.796. The van der Waals surface area contributed by atoms with Crippen LogP contribution < -0.4 is 5.73 Å². The lowest BCUT2D eigenvalue weighted by molar-refractivity contribution is 0.0724. The van der Waals surface area contributed by atoms with Gasteiger partial charge in [0.1, 0.15) is 0 Å². The zero-order valence-corrected chi connectivity index (χ0v) is 12.6. The van der Waals surface area contributed by atoms with Crippen LogP contribution in [-0.2, 0) is 6.54 Å². The SMILES string of the molecule is CN(C)CC1CCN(CC(O)Cn2cc(N)cn2)CC1. The van der Waals surface area contributed by atoms with E-state index in [-0.39, 0.29) is 6.10 Å². The molecule has 2 heterocycles. The lowest BCUT2D eigenvalue weighted by Gasteiger charge is -2.34. The summed E-state index contributed by atoms with van der Waals surface area (Å²) in [5.41, 5.74) is 6.25. The number of hydrogen-bond donors (Lipinski definition) is 2. The average molecular weight is 281 g/mol. The molecule has 1 atom stereocenters. The van der Waals surface area contributed by atoms with Crippen LogP contribution in [0.1, 0.15) is 12.8 Å². The number of nitrogen functional groups attached to an aromatic ring is 1. The molecule has 1 aliphatic heterocycles. The summed E-state index contributed by atoms with van der Waals surface area (Å²) in [6.07, 6.45) is 5.42. The Kier molecular flexibility index (Phi) is 5.39. The Morgan fingerprint density at radius 1 is 1.40 bits per heavy atom. The van der Waals surface area contributed by atoms with Crippen molar-refractivity contribution in [2.45, 2.75) is 25.5 Å². The van der Waals surface area contributed by atoms with E-state index in [0.29, 0.717) is 18.8 Å². The summed E-state index contributed by atoms with van der Waals surface area (Å²) in [6, 6.07) is 0. The van der Waals surface area contributed by atoms with Crippen LogP contribution in [0.25, 0.3) is 0 Å². The molecular weight excluding hydrogens is 254 g/mol. The van der Waals surface area contributed by atoms with E-state index in [4.69, 9.17) is 5.73 Å². The van der Waals surface area contributed by atoms with Crippen molar-refractivity contribution in [3.63, 3.8) is 0 Å². The summed E-state index contributed by atoms with van der Waals surface area (Å²) < 4.78 is 1.71. The molecule has 1 fully saturated rings. The van der Waals surface area contributed by atoms with Crippen LogP contribution >= 0.6 is 0 Å². The molecule has 0 aliphatic carbocycles. The monoisotopic (exact) mass is 281 g/mol. The number of aliphatic hydroxyl groups excluding tert-OH is 1. The maximum absolute atomic E-state index is 10.1. The highest BCUT2D eigenvalue weighted by atomic mass is 16.3. The molecule has 1 unspecified atom stereocenters. The first kappa shape index (κ1) is 15.3. The molecule has 0 bridgehead atoms. The van der Waals surface area contributed by atoms with Crippen LogP contribution in [0, 0.1) is 5.92 Å². The maximum atomic E-state index is 10.1. The zero-order valence-electron chi connectivity index (χ0n) is 12.6. The Balaban J connectivity index is 1.69. The third-order valence-electron chi connectivity index (χ3n) is 3.85. The van der Waals surface area contributed by atoms with E-state index in [1.165, 1.54) is 19.4 Å². The van der Waals surface area contributed by atoms with Gasteiger partial charge in [-0.25, -0.2) is 0 Å². The maximum Gasteiger partial charge on any atom is 0.0862 e. The normalized spacial score (nSPS) is 19.6. The fraction of sp³-hybridized carbons (Fsp3) is 0.786. The van der Waals surface area contributed by atoms with Gasteiger partial charge in [0.05, 0.1) is 24.5 Å². The minimum absolute atomic E-state index is 0.389. The molecule has 1 saturated heterocycles. The van der Waals surface area contributed by atoms with Crippen molar-refractivity contribution >= 4 is 5.69 Å². The highest BCUT2D eigenvalue weighted by Gasteiger charge is 2.21. The summed E-state index contributed by atoms with van der Waals surface area (Å²) in [4.78, 5) is 4.61. The summed E-state index contributed by atoms with van der Waals surface area (Å²) in [5, 5.41) is 14.2. The first-order valence-electron chi connectivity index (χ1n) is 7.36. The molecule has 20 heavy (non-hydrogen) atoms. The third kappa shape index (κ3) is 4.77. The summed E-state index contributed by atoms with van der Waals surface area (Å²) in [6.45, 7) is 4.56. The van der Waals surface area contributed by atoms with Gasteiger partial charge in [-0.15, -0.1) is 0 Å². The fourth-order valence-corrected chi connectivity index (χ4v) is 2.92. The van der Waals surface area contributed by atoms with Crippen LogP contribution in [0.4, 0.5) is 5.69 Å². The van der Waals surface area contributed by atoms with Crippen molar-refractivity contribution in [2.75, 3.05) is 46.0 Å². The Morgan fingerprint density at radius 3 is 2.65 bits per heavy atom. The standard InChI is InChI=1S/C14H27N5O/c1-17(2)8-12-3-5-18(6-4-12)10-14(20)11-19-9-13(15)7-16-19/h7,9,12,14,20H,3-6,8,10-11,15H2,1-2H3. The fourth-order valence-electron chi connectivity index (χ4n) is 2.92. The van der Waals surface area contributed by atoms with Gasteiger partial charge in [-0.3, -0.25) is 4.68 Å². The Bertz CT molecular complexity index is 398. The van der Waals surface area contributed by atoms with E-state index in [2.05, 4.69) is 29.0 Å². The molecule has 0 spiro atoms. The lowest BCUT2D eigenvalue weighted by Crippen LogP contribution is -2.41. The zero-order chi connectivity index (χ0) is 14.5. The minimum atomic E-state index is -0.389. The van der Waals surface area contributed by atoms with Gasteiger partial charge in [0, 0.05) is 19.3 Å². The van der Waals surface area contributed by atoms with Crippen molar-refractivity contribution < 1.29 is 5.11 Å². The topological polar surface area (TPSA) is 70.5 Å². The molecule has 0 radical (unpaired) electrons. The first-order valence-corrected chi connectivity index (χ1v) is 7.36. The predicted octanol–water partition coefficient (Wildman–Crippen LogP) is 0.0998. The second kappa shape index (κ2) is 7.06. The number of hydrogen-bond acceptors (Lipinski definition) is 5. The number of rotatable bonds is 6. The molecule has 1 aromatic heterocycles. The van der Waals surface area contributed by atoms with Crippen molar-refractivity contribution in [1.29, 1.82) is 0 Å². The van der Waals surface area contributed by atoms with Crippen molar-refractivity contribution in [2.24, 2.45) is 5.92 Å². The first-order chi connectivity index (χ1) is 9.52. The largest absolute Gasteiger partial charge is 0.396 e. The van der Waals surface area contributed by atoms with Gasteiger partial charge in [0.25, 0.3) is 0 Å². The van der Waals surface area contributed by atoms with Crippen LogP contribution in [0.5, 0.6) is 0 Å². The van der Waals surface area contributed by atoms with Gasteiger partial charge >= 0.3 is 0 Å². The van der Waals surface area contributed by atoms with Gasteiger partial charge in [-0.2, -0.15) is 5.10 Å². The number of β-amino-alcohol motifs (C(OH)–C–C–N with tert-alkyl or cyclic N) is 1. The smallest absolute Gasteiger partial charge is 0.0862 e. The predicted molar refractivity (Wildman–Crippen MR) is 80.4 cm³/mol. The Hall–Kier alpha value is -1.11. The van der Waals surface area contributed by atoms with E-state index >= 15 is 0 Å². The number of aromatic nitrogens is 2. The molecule has 0 saturated carbocycles. The van der Waals surface area contributed by atoms with Crippen molar-refractivity contribution in [1.82, 2.24) is 19.6 Å². The second-order valence-electron chi connectivity index (χ2n) is 6.16. The number of nitrogens with two attached hydrogens (primary N) is 1. The van der Waals surface area contributed by atoms with E-state index in [1.54, 1.807) is 17.1 Å². The van der Waals surface area contributed by atoms with Crippen molar-refractivity contribution in [3.8, 4) is 0 Å². The van der Waals surface area contributed by atoms with Gasteiger partial charge in [-0.05, 0) is 45.9 Å². The average Bonchev–Trinajstić information content (AvgIpc) is 2.76. The van der Waals surface area contributed by atoms with E-state index in [0.717, 1.165) is 19.0 Å². The molecule has 3 N–H and O–H groups in total. The number of aliphatic hydroxyl groups is 1. The lowest BCUT2D eigenvalue weighted by atomic mass is 9.96. The second-order valence-corrected chi connectivity index (χ2v) is 6.16. The molecular formula is C14H27N5O. The summed E-state index contributed by atoms with van der Waals surface area (Å²) in [7, 11) is 4.26. The van der Waals surface area contributed by atoms with Gasteiger partial charge in [-0.1, -0.05) is 0 Å². The number of nitrogens with zero attached hydrogens (tertiary/aromatic N) is 4. The molecule has 1 aliphatic rings. The molecule has 0 amide bonds. The van der Waals surface area contributed by atoms with Gasteiger partial charge < -0.3 is 20.6 Å². The quantitative estimate of drug-likeness (QED) is 0.774. The Morgan fingerprint density at radius 2 is 2.10 bits per heavy atom. The molecule has 6 nitrogen and oxygen atoms in total. The van der Waals surface area contributed by atoms with Crippen molar-refractivity contribution in [3.05, 3.63) is 12.4 Å². The number of likely N-dealkylation sites (tertiary alicyclic amines) is 1. The van der Waals surface area contributed by atoms with Crippen LogP contribution in [0.3, 0.4) is 0 Å².